The van der Waals surface area contributed by atoms with E-state index in [2.05, 4.69) is 5.32 Å². The lowest BCUT2D eigenvalue weighted by Gasteiger charge is -2.17. The van der Waals surface area contributed by atoms with Crippen molar-refractivity contribution in [3.63, 3.8) is 0 Å². The molecule has 0 aromatic heterocycles. The lowest BCUT2D eigenvalue weighted by atomic mass is 9.86. The highest BCUT2D eigenvalue weighted by molar-refractivity contribution is 6.36. The summed E-state index contributed by atoms with van der Waals surface area (Å²) in [6, 6.07) is 1.69. The van der Waals surface area contributed by atoms with Crippen LogP contribution in [0.5, 0.6) is 0 Å². The Hall–Kier alpha value is -1.06. The van der Waals surface area contributed by atoms with Crippen LogP contribution in [0, 0.1) is 13.8 Å². The van der Waals surface area contributed by atoms with E-state index < -0.39 is 11.5 Å². The van der Waals surface area contributed by atoms with Gasteiger partial charge in [0.15, 0.2) is 5.78 Å². The quantitative estimate of drug-likeness (QED) is 0.810. The minimum atomic E-state index is -0.874. The number of nitrogens with one attached hydrogen (secondary N) is 1. The minimum absolute atomic E-state index is 0.178. The summed E-state index contributed by atoms with van der Waals surface area (Å²) in [5, 5.41) is 3.64. The van der Waals surface area contributed by atoms with Crippen molar-refractivity contribution in [2.45, 2.75) is 39.2 Å². The molecular formula is C14H15Cl2NO2. The molecule has 0 bridgehead atoms. The Morgan fingerprint density at radius 1 is 1.21 bits per heavy atom. The minimum Gasteiger partial charge on any atom is -0.343 e. The van der Waals surface area contributed by atoms with E-state index >= 15 is 0 Å². The zero-order chi connectivity index (χ0) is 14.5. The molecule has 2 rings (SSSR count). The van der Waals surface area contributed by atoms with Gasteiger partial charge in [-0.1, -0.05) is 23.2 Å². The SMILES string of the molecule is Cc1cc(Cl)c(C2C(=O)NC(C)(C)C2=O)c(C)c1Cl. The number of Topliss-reactive ketones (excluding diaryl/α,β-unsaturated/α-hetero) is 1. The van der Waals surface area contributed by atoms with Crippen molar-refractivity contribution in [1.82, 2.24) is 5.32 Å². The number of ketones is 1. The van der Waals surface area contributed by atoms with Gasteiger partial charge in [0.05, 0.1) is 5.54 Å². The van der Waals surface area contributed by atoms with Gasteiger partial charge in [-0.25, -0.2) is 0 Å². The van der Waals surface area contributed by atoms with Gasteiger partial charge in [0, 0.05) is 10.0 Å². The summed E-state index contributed by atoms with van der Waals surface area (Å²) in [6.07, 6.45) is 0. The van der Waals surface area contributed by atoms with E-state index in [-0.39, 0.29) is 11.7 Å². The van der Waals surface area contributed by atoms with E-state index in [0.29, 0.717) is 21.2 Å². The first kappa shape index (κ1) is 14.4. The molecule has 0 saturated carbocycles. The summed E-state index contributed by atoms with van der Waals surface area (Å²) in [7, 11) is 0. The lowest BCUT2D eigenvalue weighted by Crippen LogP contribution is -2.39. The van der Waals surface area contributed by atoms with Gasteiger partial charge in [0.1, 0.15) is 5.92 Å². The Morgan fingerprint density at radius 3 is 2.26 bits per heavy atom. The fourth-order valence-electron chi connectivity index (χ4n) is 2.46. The largest absolute Gasteiger partial charge is 0.343 e. The molecule has 102 valence electrons. The predicted molar refractivity (Wildman–Crippen MR) is 75.9 cm³/mol. The molecular weight excluding hydrogens is 285 g/mol. The number of carbonyl (C=O) groups is 2. The number of carbonyl (C=O) groups excluding carboxylic acids is 2. The number of benzene rings is 1. The predicted octanol–water partition coefficient (Wildman–Crippen LogP) is 3.17. The molecule has 0 spiro atoms. The van der Waals surface area contributed by atoms with E-state index in [1.54, 1.807) is 26.8 Å². The second-order valence-electron chi connectivity index (χ2n) is 5.44. The lowest BCUT2D eigenvalue weighted by molar-refractivity contribution is -0.125. The van der Waals surface area contributed by atoms with E-state index in [4.69, 9.17) is 23.2 Å². The van der Waals surface area contributed by atoms with Gasteiger partial charge in [-0.2, -0.15) is 0 Å². The van der Waals surface area contributed by atoms with Crippen LogP contribution in [0.3, 0.4) is 0 Å². The fourth-order valence-corrected chi connectivity index (χ4v) is 3.03. The van der Waals surface area contributed by atoms with Crippen molar-refractivity contribution in [2.24, 2.45) is 0 Å². The third-order valence-corrected chi connectivity index (χ3v) is 4.44. The number of amides is 1. The molecule has 19 heavy (non-hydrogen) atoms. The maximum atomic E-state index is 12.4. The first-order valence-electron chi connectivity index (χ1n) is 5.98. The molecule has 0 radical (unpaired) electrons. The van der Waals surface area contributed by atoms with Crippen LogP contribution in [0.2, 0.25) is 10.0 Å². The molecule has 3 nitrogen and oxygen atoms in total. The standard InChI is InChI=1S/C14H15Cl2NO2/c1-6-5-8(15)9(7(2)11(6)16)10-12(18)14(3,4)17-13(10)19/h5,10H,1-4H3,(H,17,19). The molecule has 1 saturated heterocycles. The van der Waals surface area contributed by atoms with E-state index in [0.717, 1.165) is 5.56 Å². The van der Waals surface area contributed by atoms with Gasteiger partial charge in [0.2, 0.25) is 5.91 Å². The summed E-state index contributed by atoms with van der Waals surface area (Å²) in [4.78, 5) is 24.4. The summed E-state index contributed by atoms with van der Waals surface area (Å²) in [6.45, 7) is 6.99. The van der Waals surface area contributed by atoms with Crippen molar-refractivity contribution in [3.05, 3.63) is 32.8 Å². The van der Waals surface area contributed by atoms with Gasteiger partial charge in [-0.3, -0.25) is 9.59 Å². The van der Waals surface area contributed by atoms with Crippen molar-refractivity contribution in [2.75, 3.05) is 0 Å². The zero-order valence-electron chi connectivity index (χ0n) is 11.2. The fraction of sp³-hybridized carbons (Fsp3) is 0.429. The van der Waals surface area contributed by atoms with Gasteiger partial charge in [0.25, 0.3) is 0 Å². The normalized spacial score (nSPS) is 21.7. The first-order valence-corrected chi connectivity index (χ1v) is 6.74. The Bertz CT molecular complexity index is 594. The van der Waals surface area contributed by atoms with Crippen molar-refractivity contribution in [3.8, 4) is 0 Å². The molecule has 1 aromatic carbocycles. The molecule has 1 N–H and O–H groups in total. The number of halogens is 2. The Labute approximate surface area is 122 Å². The summed E-state index contributed by atoms with van der Waals surface area (Å²) < 4.78 is 0. The molecule has 1 aliphatic heterocycles. The Balaban J connectivity index is 2.64. The molecule has 1 heterocycles. The van der Waals surface area contributed by atoms with Gasteiger partial charge in [-0.15, -0.1) is 0 Å². The van der Waals surface area contributed by atoms with Crippen LogP contribution in [0.1, 0.15) is 36.5 Å². The van der Waals surface area contributed by atoms with Crippen LogP contribution in [0.25, 0.3) is 0 Å². The molecule has 1 fully saturated rings. The summed E-state index contributed by atoms with van der Waals surface area (Å²) in [5.41, 5.74) is 1.18. The van der Waals surface area contributed by atoms with Crippen LogP contribution in [-0.2, 0) is 9.59 Å². The van der Waals surface area contributed by atoms with E-state index in [9.17, 15) is 9.59 Å². The highest BCUT2D eigenvalue weighted by Gasteiger charge is 2.48. The first-order chi connectivity index (χ1) is 8.66. The van der Waals surface area contributed by atoms with Crippen molar-refractivity contribution >= 4 is 34.9 Å². The van der Waals surface area contributed by atoms with Crippen LogP contribution in [0.4, 0.5) is 0 Å². The third-order valence-electron chi connectivity index (χ3n) is 3.54. The van der Waals surface area contributed by atoms with Gasteiger partial charge >= 0.3 is 0 Å². The second-order valence-corrected chi connectivity index (χ2v) is 6.22. The number of aryl methyl sites for hydroxylation is 1. The number of rotatable bonds is 1. The average Bonchev–Trinajstić information content (AvgIpc) is 2.48. The Morgan fingerprint density at radius 2 is 1.79 bits per heavy atom. The average molecular weight is 300 g/mol. The highest BCUT2D eigenvalue weighted by Crippen LogP contribution is 2.39. The topological polar surface area (TPSA) is 46.2 Å². The van der Waals surface area contributed by atoms with E-state index in [1.807, 2.05) is 6.92 Å². The van der Waals surface area contributed by atoms with Crippen molar-refractivity contribution < 1.29 is 9.59 Å². The van der Waals surface area contributed by atoms with Crippen molar-refractivity contribution in [1.29, 1.82) is 0 Å². The van der Waals surface area contributed by atoms with Crippen LogP contribution in [0.15, 0.2) is 6.07 Å². The molecule has 1 atom stereocenters. The highest BCUT2D eigenvalue weighted by atomic mass is 35.5. The zero-order valence-corrected chi connectivity index (χ0v) is 12.7. The smallest absolute Gasteiger partial charge is 0.236 e. The molecule has 1 aliphatic rings. The molecule has 5 heteroatoms. The summed E-state index contributed by atoms with van der Waals surface area (Å²) >= 11 is 12.4. The van der Waals surface area contributed by atoms with Crippen LogP contribution in [-0.4, -0.2) is 17.2 Å². The molecule has 1 aromatic rings. The summed E-state index contributed by atoms with van der Waals surface area (Å²) in [5.74, 6) is -1.37. The van der Waals surface area contributed by atoms with Crippen LogP contribution < -0.4 is 5.32 Å². The van der Waals surface area contributed by atoms with Gasteiger partial charge < -0.3 is 5.32 Å². The molecule has 0 aliphatic carbocycles. The second kappa shape index (κ2) is 4.50. The van der Waals surface area contributed by atoms with Gasteiger partial charge in [-0.05, 0) is 50.5 Å². The monoisotopic (exact) mass is 299 g/mol. The maximum Gasteiger partial charge on any atom is 0.236 e. The molecule has 1 unspecified atom stereocenters. The Kier molecular flexibility index (Phi) is 3.40. The van der Waals surface area contributed by atoms with Crippen LogP contribution >= 0.6 is 23.2 Å². The number of hydrogen-bond acceptors (Lipinski definition) is 2. The molecule has 1 amide bonds. The maximum absolute atomic E-state index is 12.4. The number of hydrogen-bond donors (Lipinski definition) is 1. The third kappa shape index (κ3) is 2.15. The van der Waals surface area contributed by atoms with E-state index in [1.165, 1.54) is 0 Å².